The van der Waals surface area contributed by atoms with Crippen molar-refractivity contribution in [2.75, 3.05) is 19.0 Å². The van der Waals surface area contributed by atoms with E-state index in [1.165, 1.54) is 12.8 Å². The summed E-state index contributed by atoms with van der Waals surface area (Å²) in [6, 6.07) is 0. The summed E-state index contributed by atoms with van der Waals surface area (Å²) in [4.78, 5) is 4.37. The highest BCUT2D eigenvalue weighted by Crippen LogP contribution is 2.16. The average molecular weight is 195 g/mol. The fraction of sp³-hybridized carbons (Fsp3) is 0.700. The summed E-state index contributed by atoms with van der Waals surface area (Å²) < 4.78 is 7.72. The molecule has 78 valence electrons. The van der Waals surface area contributed by atoms with Crippen LogP contribution in [0, 0.1) is 6.92 Å². The van der Waals surface area contributed by atoms with Gasteiger partial charge in [-0.3, -0.25) is 0 Å². The van der Waals surface area contributed by atoms with Crippen molar-refractivity contribution >= 4 is 5.95 Å². The maximum atomic E-state index is 5.59. The van der Waals surface area contributed by atoms with Crippen molar-refractivity contribution in [3.8, 4) is 0 Å². The van der Waals surface area contributed by atoms with Gasteiger partial charge in [0.2, 0.25) is 5.95 Å². The number of imidazole rings is 1. The van der Waals surface area contributed by atoms with Crippen LogP contribution in [0.4, 0.5) is 5.95 Å². The maximum Gasteiger partial charge on any atom is 0.202 e. The Balaban J connectivity index is 2.06. The van der Waals surface area contributed by atoms with E-state index >= 15 is 0 Å². The number of hydrogen-bond acceptors (Lipinski definition) is 3. The first-order valence-corrected chi connectivity index (χ1v) is 5.12. The Morgan fingerprint density at radius 1 is 1.71 bits per heavy atom. The molecule has 1 atom stereocenters. The Labute approximate surface area is 84.3 Å². The van der Waals surface area contributed by atoms with Gasteiger partial charge in [0.25, 0.3) is 0 Å². The van der Waals surface area contributed by atoms with Gasteiger partial charge in [0.1, 0.15) is 0 Å². The zero-order valence-electron chi connectivity index (χ0n) is 8.79. The molecule has 1 fully saturated rings. The Morgan fingerprint density at radius 2 is 2.57 bits per heavy atom. The molecular formula is C10H17N3O. The van der Waals surface area contributed by atoms with E-state index in [1.54, 1.807) is 0 Å². The van der Waals surface area contributed by atoms with Crippen LogP contribution in [0.5, 0.6) is 0 Å². The van der Waals surface area contributed by atoms with Crippen molar-refractivity contribution in [3.63, 3.8) is 0 Å². The van der Waals surface area contributed by atoms with E-state index < -0.39 is 0 Å². The molecule has 4 heteroatoms. The fourth-order valence-corrected chi connectivity index (χ4v) is 1.89. The quantitative estimate of drug-likeness (QED) is 0.792. The third-order valence-electron chi connectivity index (χ3n) is 2.54. The van der Waals surface area contributed by atoms with E-state index in [-0.39, 0.29) is 0 Å². The van der Waals surface area contributed by atoms with Crippen LogP contribution in [0.2, 0.25) is 0 Å². The van der Waals surface area contributed by atoms with E-state index in [9.17, 15) is 0 Å². The molecule has 0 amide bonds. The lowest BCUT2D eigenvalue weighted by molar-refractivity contribution is 0.0974. The highest BCUT2D eigenvalue weighted by Gasteiger charge is 2.17. The first-order chi connectivity index (χ1) is 6.79. The molecule has 1 unspecified atom stereocenters. The first-order valence-electron chi connectivity index (χ1n) is 5.12. The molecule has 0 spiro atoms. The molecule has 1 aliphatic heterocycles. The monoisotopic (exact) mass is 195 g/mol. The normalized spacial score (nSPS) is 21.4. The highest BCUT2D eigenvalue weighted by molar-refractivity contribution is 5.27. The van der Waals surface area contributed by atoms with Crippen LogP contribution in [-0.4, -0.2) is 29.3 Å². The minimum atomic E-state index is 0.371. The lowest BCUT2D eigenvalue weighted by atomic mass is 10.2. The lowest BCUT2D eigenvalue weighted by Gasteiger charge is -2.12. The molecule has 4 nitrogen and oxygen atoms in total. The van der Waals surface area contributed by atoms with Crippen molar-refractivity contribution in [2.24, 2.45) is 0 Å². The van der Waals surface area contributed by atoms with Crippen molar-refractivity contribution < 1.29 is 4.74 Å². The van der Waals surface area contributed by atoms with Crippen LogP contribution in [0.3, 0.4) is 0 Å². The molecule has 1 aromatic rings. The number of anilines is 1. The Kier molecular flexibility index (Phi) is 2.72. The topological polar surface area (TPSA) is 39.1 Å². The maximum absolute atomic E-state index is 5.59. The van der Waals surface area contributed by atoms with Gasteiger partial charge in [-0.25, -0.2) is 4.98 Å². The number of hydrogen-bond donors (Lipinski definition) is 1. The van der Waals surface area contributed by atoms with Gasteiger partial charge >= 0.3 is 0 Å². The molecule has 0 bridgehead atoms. The number of aromatic nitrogens is 2. The summed E-state index contributed by atoms with van der Waals surface area (Å²) in [6.45, 7) is 3.83. The molecule has 14 heavy (non-hydrogen) atoms. The van der Waals surface area contributed by atoms with Gasteiger partial charge in [-0.05, 0) is 19.8 Å². The van der Waals surface area contributed by atoms with Gasteiger partial charge in [0, 0.05) is 19.9 Å². The molecule has 0 aromatic carbocycles. The molecular weight excluding hydrogens is 178 g/mol. The van der Waals surface area contributed by atoms with Gasteiger partial charge in [-0.2, -0.15) is 0 Å². The largest absolute Gasteiger partial charge is 0.376 e. The van der Waals surface area contributed by atoms with Gasteiger partial charge in [0.15, 0.2) is 0 Å². The number of nitrogens with zero attached hydrogens (tertiary/aromatic N) is 2. The number of rotatable bonds is 3. The number of ether oxygens (including phenoxy) is 1. The van der Waals surface area contributed by atoms with Gasteiger partial charge in [-0.15, -0.1) is 0 Å². The third kappa shape index (κ3) is 1.90. The molecule has 1 aromatic heterocycles. The zero-order valence-corrected chi connectivity index (χ0v) is 8.79. The summed E-state index contributed by atoms with van der Waals surface area (Å²) >= 11 is 0. The van der Waals surface area contributed by atoms with Crippen molar-refractivity contribution in [1.29, 1.82) is 0 Å². The Bertz CT molecular complexity index is 302. The molecule has 2 heterocycles. The summed E-state index contributed by atoms with van der Waals surface area (Å²) in [5.74, 6) is 0.929. The van der Waals surface area contributed by atoms with Crippen LogP contribution in [0.1, 0.15) is 18.5 Å². The van der Waals surface area contributed by atoms with E-state index in [4.69, 9.17) is 4.74 Å². The molecule has 1 saturated heterocycles. The van der Waals surface area contributed by atoms with Crippen molar-refractivity contribution in [2.45, 2.75) is 32.4 Å². The van der Waals surface area contributed by atoms with Crippen LogP contribution in [-0.2, 0) is 11.3 Å². The number of nitrogens with one attached hydrogen (secondary N) is 1. The first kappa shape index (κ1) is 9.52. The second-order valence-electron chi connectivity index (χ2n) is 3.74. The minimum absolute atomic E-state index is 0.371. The van der Waals surface area contributed by atoms with Crippen LogP contribution < -0.4 is 5.32 Å². The molecule has 0 radical (unpaired) electrons. The standard InChI is InChI=1S/C10H17N3O/c1-8-6-13(10(11-2)12-8)7-9-4-3-5-14-9/h6,9H,3-5,7H2,1-2H3,(H,11,12). The minimum Gasteiger partial charge on any atom is -0.376 e. The average Bonchev–Trinajstić information content (AvgIpc) is 2.76. The molecule has 0 aliphatic carbocycles. The van der Waals surface area contributed by atoms with E-state index in [0.29, 0.717) is 6.10 Å². The summed E-state index contributed by atoms with van der Waals surface area (Å²) in [5.41, 5.74) is 1.05. The summed E-state index contributed by atoms with van der Waals surface area (Å²) in [5, 5.41) is 3.09. The van der Waals surface area contributed by atoms with Gasteiger partial charge < -0.3 is 14.6 Å². The second-order valence-corrected chi connectivity index (χ2v) is 3.74. The highest BCUT2D eigenvalue weighted by atomic mass is 16.5. The van der Waals surface area contributed by atoms with Crippen LogP contribution >= 0.6 is 0 Å². The lowest BCUT2D eigenvalue weighted by Crippen LogP contribution is -2.15. The van der Waals surface area contributed by atoms with E-state index in [1.807, 2.05) is 14.0 Å². The van der Waals surface area contributed by atoms with Crippen molar-refractivity contribution in [3.05, 3.63) is 11.9 Å². The van der Waals surface area contributed by atoms with Crippen LogP contribution in [0.15, 0.2) is 6.20 Å². The van der Waals surface area contributed by atoms with Gasteiger partial charge in [-0.1, -0.05) is 0 Å². The second kappa shape index (κ2) is 4.00. The SMILES string of the molecule is CNc1nc(C)cn1CC1CCCO1. The molecule has 2 rings (SSSR count). The summed E-state index contributed by atoms with van der Waals surface area (Å²) in [7, 11) is 1.90. The van der Waals surface area contributed by atoms with E-state index in [0.717, 1.165) is 24.8 Å². The molecule has 0 saturated carbocycles. The van der Waals surface area contributed by atoms with E-state index in [2.05, 4.69) is 21.1 Å². The molecule has 1 N–H and O–H groups in total. The molecule has 1 aliphatic rings. The van der Waals surface area contributed by atoms with Crippen molar-refractivity contribution in [1.82, 2.24) is 9.55 Å². The fourth-order valence-electron chi connectivity index (χ4n) is 1.89. The third-order valence-corrected chi connectivity index (χ3v) is 2.54. The Morgan fingerprint density at radius 3 is 3.21 bits per heavy atom. The van der Waals surface area contributed by atoms with Gasteiger partial charge in [0.05, 0.1) is 18.3 Å². The number of aryl methyl sites for hydroxylation is 1. The van der Waals surface area contributed by atoms with Crippen LogP contribution in [0.25, 0.3) is 0 Å². The summed E-state index contributed by atoms with van der Waals surface area (Å²) in [6.07, 6.45) is 4.79. The smallest absolute Gasteiger partial charge is 0.202 e. The zero-order chi connectivity index (χ0) is 9.97. The Hall–Kier alpha value is -1.03. The predicted molar refractivity (Wildman–Crippen MR) is 55.5 cm³/mol. The predicted octanol–water partition coefficient (Wildman–Crippen LogP) is 1.41.